The molecule has 0 aliphatic heterocycles. The normalized spacial score (nSPS) is 12.7. The average molecular weight is 211 g/mol. The van der Waals surface area contributed by atoms with Crippen molar-refractivity contribution >= 4 is 17.4 Å². The van der Waals surface area contributed by atoms with Gasteiger partial charge in [0, 0.05) is 10.9 Å². The molecule has 0 fully saturated rings. The molecule has 0 aromatic heterocycles. The van der Waals surface area contributed by atoms with E-state index in [4.69, 9.17) is 10.8 Å². The molecular weight excluding hydrogens is 194 g/mol. The first-order valence-electron chi connectivity index (χ1n) is 4.80. The Morgan fingerprint density at radius 1 is 1.43 bits per heavy atom. The third kappa shape index (κ3) is 3.60. The Morgan fingerprint density at radius 3 is 2.79 bits per heavy atom. The second-order valence-corrected chi connectivity index (χ2v) is 4.86. The van der Waals surface area contributed by atoms with Gasteiger partial charge in [-0.05, 0) is 23.8 Å². The molecule has 3 N–H and O–H groups in total. The predicted octanol–water partition coefficient (Wildman–Crippen LogP) is 1.93. The summed E-state index contributed by atoms with van der Waals surface area (Å²) in [7, 11) is 0. The summed E-state index contributed by atoms with van der Waals surface area (Å²) in [6, 6.07) is 7.93. The molecule has 1 aromatic carbocycles. The summed E-state index contributed by atoms with van der Waals surface area (Å²) in [4.78, 5) is 0. The summed E-state index contributed by atoms with van der Waals surface area (Å²) < 4.78 is 0. The molecule has 0 aliphatic carbocycles. The van der Waals surface area contributed by atoms with Gasteiger partial charge in [-0.1, -0.05) is 25.1 Å². The number of hydrogen-bond donors (Lipinski definition) is 2. The first kappa shape index (κ1) is 11.4. The van der Waals surface area contributed by atoms with Crippen molar-refractivity contribution in [3.8, 4) is 0 Å². The lowest BCUT2D eigenvalue weighted by molar-refractivity contribution is 0.300. The van der Waals surface area contributed by atoms with E-state index in [0.717, 1.165) is 17.9 Å². The molecule has 78 valence electrons. The third-order valence-electron chi connectivity index (χ3n) is 2.09. The molecule has 0 spiro atoms. The van der Waals surface area contributed by atoms with Crippen molar-refractivity contribution in [2.75, 3.05) is 18.1 Å². The van der Waals surface area contributed by atoms with Gasteiger partial charge in [0.1, 0.15) is 0 Å². The van der Waals surface area contributed by atoms with Gasteiger partial charge in [0.2, 0.25) is 0 Å². The summed E-state index contributed by atoms with van der Waals surface area (Å²) in [6.45, 7) is 2.27. The molecule has 1 rings (SSSR count). The minimum Gasteiger partial charge on any atom is -0.399 e. The van der Waals surface area contributed by atoms with Crippen LogP contribution < -0.4 is 5.73 Å². The molecule has 2 nitrogen and oxygen atoms in total. The molecule has 1 unspecified atom stereocenters. The molecule has 0 saturated heterocycles. The molecule has 0 bridgehead atoms. The topological polar surface area (TPSA) is 46.2 Å². The zero-order chi connectivity index (χ0) is 10.4. The van der Waals surface area contributed by atoms with E-state index in [1.165, 1.54) is 5.56 Å². The number of hydrogen-bond acceptors (Lipinski definition) is 3. The molecule has 0 saturated carbocycles. The lowest BCUT2D eigenvalue weighted by Crippen LogP contribution is -2.04. The molecule has 0 radical (unpaired) electrons. The van der Waals surface area contributed by atoms with E-state index in [2.05, 4.69) is 6.07 Å². The van der Waals surface area contributed by atoms with Crippen LogP contribution in [-0.2, 0) is 6.42 Å². The van der Waals surface area contributed by atoms with Crippen molar-refractivity contribution in [1.82, 2.24) is 0 Å². The van der Waals surface area contributed by atoms with Crippen LogP contribution in [0.2, 0.25) is 0 Å². The fourth-order valence-corrected chi connectivity index (χ4v) is 2.03. The van der Waals surface area contributed by atoms with Crippen LogP contribution in [0.15, 0.2) is 24.3 Å². The smallest absolute Gasteiger partial charge is 0.0547 e. The summed E-state index contributed by atoms with van der Waals surface area (Å²) >= 11 is 1.77. The van der Waals surface area contributed by atoms with Crippen LogP contribution in [0.25, 0.3) is 0 Å². The molecule has 0 aliphatic rings. The minimum atomic E-state index is 0.245. The SMILES string of the molecule is CC(CO)SCCc1ccccc1N. The summed E-state index contributed by atoms with van der Waals surface area (Å²) in [5.74, 6) is 1.01. The quantitative estimate of drug-likeness (QED) is 0.731. The summed E-state index contributed by atoms with van der Waals surface area (Å²) in [5, 5.41) is 9.16. The fraction of sp³-hybridized carbons (Fsp3) is 0.455. The highest BCUT2D eigenvalue weighted by molar-refractivity contribution is 7.99. The number of benzene rings is 1. The Bertz CT molecular complexity index is 278. The van der Waals surface area contributed by atoms with Gasteiger partial charge in [-0.2, -0.15) is 11.8 Å². The van der Waals surface area contributed by atoms with Crippen LogP contribution >= 0.6 is 11.8 Å². The maximum absolute atomic E-state index is 8.84. The molecule has 0 heterocycles. The molecule has 1 atom stereocenters. The number of para-hydroxylation sites is 1. The van der Waals surface area contributed by atoms with E-state index >= 15 is 0 Å². The molecule has 0 amide bonds. The number of aliphatic hydroxyl groups excluding tert-OH is 1. The maximum atomic E-state index is 8.84. The van der Waals surface area contributed by atoms with E-state index < -0.39 is 0 Å². The Kier molecular flexibility index (Phi) is 4.84. The number of rotatable bonds is 5. The molecule has 1 aromatic rings. The van der Waals surface area contributed by atoms with E-state index in [9.17, 15) is 0 Å². The Labute approximate surface area is 89.5 Å². The maximum Gasteiger partial charge on any atom is 0.0547 e. The van der Waals surface area contributed by atoms with Crippen molar-refractivity contribution in [2.45, 2.75) is 18.6 Å². The Balaban J connectivity index is 2.35. The van der Waals surface area contributed by atoms with Gasteiger partial charge >= 0.3 is 0 Å². The van der Waals surface area contributed by atoms with Crippen LogP contribution in [-0.4, -0.2) is 22.7 Å². The van der Waals surface area contributed by atoms with Crippen molar-refractivity contribution in [3.05, 3.63) is 29.8 Å². The lowest BCUT2D eigenvalue weighted by atomic mass is 10.1. The van der Waals surface area contributed by atoms with Crippen molar-refractivity contribution < 1.29 is 5.11 Å². The standard InChI is InChI=1S/C11H17NOS/c1-9(8-13)14-7-6-10-4-2-3-5-11(10)12/h2-5,9,13H,6-8,12H2,1H3. The highest BCUT2D eigenvalue weighted by Crippen LogP contribution is 2.16. The van der Waals surface area contributed by atoms with E-state index in [-0.39, 0.29) is 6.61 Å². The Morgan fingerprint density at radius 2 is 2.14 bits per heavy atom. The first-order valence-corrected chi connectivity index (χ1v) is 5.84. The minimum absolute atomic E-state index is 0.245. The number of nitrogens with two attached hydrogens (primary N) is 1. The number of aryl methyl sites for hydroxylation is 1. The van der Waals surface area contributed by atoms with E-state index in [1.54, 1.807) is 11.8 Å². The predicted molar refractivity (Wildman–Crippen MR) is 63.6 cm³/mol. The number of nitrogen functional groups attached to an aromatic ring is 1. The second kappa shape index (κ2) is 5.94. The van der Waals surface area contributed by atoms with Gasteiger partial charge in [0.05, 0.1) is 6.61 Å². The fourth-order valence-electron chi connectivity index (χ4n) is 1.18. The highest BCUT2D eigenvalue weighted by Gasteiger charge is 2.01. The number of aliphatic hydroxyl groups is 1. The van der Waals surface area contributed by atoms with Crippen molar-refractivity contribution in [1.29, 1.82) is 0 Å². The summed E-state index contributed by atoms with van der Waals surface area (Å²) in [5.41, 5.74) is 7.88. The lowest BCUT2D eigenvalue weighted by Gasteiger charge is -2.08. The van der Waals surface area contributed by atoms with Gasteiger partial charge in [0.25, 0.3) is 0 Å². The van der Waals surface area contributed by atoms with Crippen LogP contribution in [0.5, 0.6) is 0 Å². The van der Waals surface area contributed by atoms with Gasteiger partial charge in [0.15, 0.2) is 0 Å². The van der Waals surface area contributed by atoms with E-state index in [0.29, 0.717) is 5.25 Å². The van der Waals surface area contributed by atoms with Crippen molar-refractivity contribution in [2.24, 2.45) is 0 Å². The summed E-state index contributed by atoms with van der Waals surface area (Å²) in [6.07, 6.45) is 0.974. The second-order valence-electron chi connectivity index (χ2n) is 3.31. The average Bonchev–Trinajstić information content (AvgIpc) is 2.20. The third-order valence-corrected chi connectivity index (χ3v) is 3.24. The molecule has 3 heteroatoms. The zero-order valence-corrected chi connectivity index (χ0v) is 9.26. The zero-order valence-electron chi connectivity index (χ0n) is 8.44. The Hall–Kier alpha value is -0.670. The monoisotopic (exact) mass is 211 g/mol. The van der Waals surface area contributed by atoms with Gasteiger partial charge in [-0.3, -0.25) is 0 Å². The van der Waals surface area contributed by atoms with Crippen LogP contribution in [0.4, 0.5) is 5.69 Å². The molecular formula is C11H17NOS. The van der Waals surface area contributed by atoms with Gasteiger partial charge in [-0.15, -0.1) is 0 Å². The number of thioether (sulfide) groups is 1. The van der Waals surface area contributed by atoms with Crippen LogP contribution in [0.1, 0.15) is 12.5 Å². The van der Waals surface area contributed by atoms with Crippen LogP contribution in [0, 0.1) is 0 Å². The van der Waals surface area contributed by atoms with Crippen molar-refractivity contribution in [3.63, 3.8) is 0 Å². The van der Waals surface area contributed by atoms with Gasteiger partial charge < -0.3 is 10.8 Å². The van der Waals surface area contributed by atoms with Gasteiger partial charge in [-0.25, -0.2) is 0 Å². The first-order chi connectivity index (χ1) is 6.74. The number of anilines is 1. The largest absolute Gasteiger partial charge is 0.399 e. The molecule has 14 heavy (non-hydrogen) atoms. The van der Waals surface area contributed by atoms with Crippen LogP contribution in [0.3, 0.4) is 0 Å². The van der Waals surface area contributed by atoms with E-state index in [1.807, 2.05) is 25.1 Å². The highest BCUT2D eigenvalue weighted by atomic mass is 32.2.